The van der Waals surface area contributed by atoms with Crippen LogP contribution >= 0.6 is 7.82 Å². The molecule has 0 aliphatic carbocycles. The third-order valence-corrected chi connectivity index (χ3v) is 7.75. The normalized spacial score (nSPS) is 14.9. The van der Waals surface area contributed by atoms with Crippen molar-refractivity contribution in [1.82, 2.24) is 4.90 Å². The second-order valence-corrected chi connectivity index (χ2v) is 12.9. The van der Waals surface area contributed by atoms with Crippen LogP contribution in [0, 0.1) is 0 Å². The number of nitrogens with zero attached hydrogens (tertiary/aromatic N) is 2. The van der Waals surface area contributed by atoms with Gasteiger partial charge < -0.3 is 23.2 Å². The lowest BCUT2D eigenvalue weighted by molar-refractivity contribution is -0.870. The lowest BCUT2D eigenvalue weighted by Crippen LogP contribution is -2.40. The first-order valence-electron chi connectivity index (χ1n) is 14.7. The zero-order valence-corrected chi connectivity index (χ0v) is 25.7. The summed E-state index contributed by atoms with van der Waals surface area (Å²) in [4.78, 5) is 14.2. The molecule has 8 heteroatoms. The van der Waals surface area contributed by atoms with Gasteiger partial charge in [-0.1, -0.05) is 103 Å². The van der Waals surface area contributed by atoms with Gasteiger partial charge in [-0.15, -0.1) is 0 Å². The van der Waals surface area contributed by atoms with Gasteiger partial charge in [-0.05, 0) is 20.0 Å². The first-order chi connectivity index (χ1) is 17.1. The molecule has 0 saturated carbocycles. The van der Waals surface area contributed by atoms with E-state index in [1.54, 1.807) is 7.11 Å². The molecule has 0 aromatic heterocycles. The lowest BCUT2D eigenvalue weighted by atomic mass is 10.0. The molecule has 0 heterocycles. The zero-order chi connectivity index (χ0) is 27.1. The van der Waals surface area contributed by atoms with Crippen molar-refractivity contribution >= 4 is 7.82 Å². The molecule has 0 aliphatic heterocycles. The summed E-state index contributed by atoms with van der Waals surface area (Å²) >= 11 is 0. The average Bonchev–Trinajstić information content (AvgIpc) is 2.80. The van der Waals surface area contributed by atoms with Gasteiger partial charge in [0.05, 0.1) is 40.4 Å². The maximum atomic E-state index is 12.1. The van der Waals surface area contributed by atoms with Crippen molar-refractivity contribution in [3.63, 3.8) is 0 Å². The van der Waals surface area contributed by atoms with Crippen molar-refractivity contribution in [3.05, 3.63) is 0 Å². The fourth-order valence-electron chi connectivity index (χ4n) is 4.23. The summed E-state index contributed by atoms with van der Waals surface area (Å²) in [6.07, 6.45) is 21.7. The smallest absolute Gasteiger partial charge is 0.268 e. The standard InChI is InChI=1S/C28H61N2O5P/c1-7-8-9-10-11-12-13-14-15-16-17-18-19-20-21-22-23-29(2)28(26-33-6)27-35-36(31,32)34-25-24-30(3,4)5/h28H,7-27H2,1-6H3/t28-/m0/s1. The van der Waals surface area contributed by atoms with Crippen LogP contribution in [-0.4, -0.2) is 83.6 Å². The minimum Gasteiger partial charge on any atom is -0.756 e. The SMILES string of the molecule is CCCCCCCCCCCCCCCCCCN(C)[C@@H](COC)COP(=O)([O-])OCC[N+](C)(C)C. The highest BCUT2D eigenvalue weighted by Gasteiger charge is 2.19. The monoisotopic (exact) mass is 536 g/mol. The van der Waals surface area contributed by atoms with E-state index in [1.165, 1.54) is 96.3 Å². The van der Waals surface area contributed by atoms with E-state index in [0.717, 1.165) is 13.0 Å². The van der Waals surface area contributed by atoms with Crippen molar-refractivity contribution in [2.75, 3.05) is 68.2 Å². The molecule has 0 aromatic rings. The van der Waals surface area contributed by atoms with Crippen molar-refractivity contribution in [1.29, 1.82) is 0 Å². The number of rotatable bonds is 27. The van der Waals surface area contributed by atoms with E-state index in [1.807, 2.05) is 28.2 Å². The molecule has 0 N–H and O–H groups in total. The third kappa shape index (κ3) is 24.3. The van der Waals surface area contributed by atoms with Crippen LogP contribution < -0.4 is 4.89 Å². The number of ether oxygens (including phenoxy) is 1. The maximum Gasteiger partial charge on any atom is 0.268 e. The second-order valence-electron chi connectivity index (χ2n) is 11.5. The molecular weight excluding hydrogens is 475 g/mol. The molecule has 2 atom stereocenters. The van der Waals surface area contributed by atoms with Gasteiger partial charge in [0.1, 0.15) is 13.2 Å². The third-order valence-electron chi connectivity index (χ3n) is 6.78. The van der Waals surface area contributed by atoms with Gasteiger partial charge in [-0.25, -0.2) is 0 Å². The van der Waals surface area contributed by atoms with Gasteiger partial charge in [-0.2, -0.15) is 0 Å². The summed E-state index contributed by atoms with van der Waals surface area (Å²) in [5.74, 6) is 0. The fraction of sp³-hybridized carbons (Fsp3) is 1.00. The molecule has 218 valence electrons. The van der Waals surface area contributed by atoms with Gasteiger partial charge in [-0.3, -0.25) is 9.46 Å². The van der Waals surface area contributed by atoms with Crippen molar-refractivity contribution in [2.45, 2.75) is 116 Å². The Morgan fingerprint density at radius 1 is 0.750 bits per heavy atom. The van der Waals surface area contributed by atoms with E-state index in [-0.39, 0.29) is 19.3 Å². The molecule has 36 heavy (non-hydrogen) atoms. The molecule has 0 amide bonds. The highest BCUT2D eigenvalue weighted by Crippen LogP contribution is 2.38. The Hall–Kier alpha value is -0.0100. The predicted octanol–water partition coefficient (Wildman–Crippen LogP) is 6.40. The minimum absolute atomic E-state index is 0.0500. The number of likely N-dealkylation sites (N-methyl/N-ethyl adjacent to an activating group) is 2. The van der Waals surface area contributed by atoms with Crippen LogP contribution in [0.2, 0.25) is 0 Å². The van der Waals surface area contributed by atoms with E-state index in [9.17, 15) is 9.46 Å². The Morgan fingerprint density at radius 2 is 1.19 bits per heavy atom. The quantitative estimate of drug-likeness (QED) is 0.0687. The van der Waals surface area contributed by atoms with Gasteiger partial charge in [0.15, 0.2) is 0 Å². The molecular formula is C28H61N2O5P. The number of hydrogen-bond acceptors (Lipinski definition) is 6. The fourth-order valence-corrected chi connectivity index (χ4v) is 4.96. The largest absolute Gasteiger partial charge is 0.756 e. The van der Waals surface area contributed by atoms with Crippen LogP contribution in [-0.2, 0) is 18.3 Å². The molecule has 0 bridgehead atoms. The first kappa shape index (κ1) is 36.0. The van der Waals surface area contributed by atoms with Crippen molar-refractivity contribution in [3.8, 4) is 0 Å². The Labute approximate surface area is 224 Å². The Morgan fingerprint density at radius 3 is 1.61 bits per heavy atom. The molecule has 0 aromatic carbocycles. The molecule has 0 rings (SSSR count). The second kappa shape index (κ2) is 22.9. The number of hydrogen-bond donors (Lipinski definition) is 0. The van der Waals surface area contributed by atoms with Crippen molar-refractivity contribution in [2.24, 2.45) is 0 Å². The first-order valence-corrected chi connectivity index (χ1v) is 16.2. The van der Waals surface area contributed by atoms with E-state index in [2.05, 4.69) is 11.8 Å². The minimum atomic E-state index is -4.30. The van der Waals surface area contributed by atoms with Crippen molar-refractivity contribution < 1.29 is 27.7 Å². The number of unbranched alkanes of at least 4 members (excludes halogenated alkanes) is 15. The summed E-state index contributed by atoms with van der Waals surface area (Å²) < 4.78 is 28.2. The summed E-state index contributed by atoms with van der Waals surface area (Å²) in [7, 11) is 5.30. The van der Waals surface area contributed by atoms with Gasteiger partial charge in [0.2, 0.25) is 0 Å². The predicted molar refractivity (Wildman–Crippen MR) is 150 cm³/mol. The Bertz CT molecular complexity index is 531. The van der Waals surface area contributed by atoms with E-state index < -0.39 is 7.82 Å². The number of quaternary nitrogens is 1. The molecule has 0 fully saturated rings. The summed E-state index contributed by atoms with van der Waals surface area (Å²) in [6, 6.07) is -0.115. The van der Waals surface area contributed by atoms with Crippen LogP contribution in [0.3, 0.4) is 0 Å². The number of phosphoric acid groups is 1. The highest BCUT2D eigenvalue weighted by molar-refractivity contribution is 7.45. The number of phosphoric ester groups is 1. The Kier molecular flexibility index (Phi) is 22.9. The van der Waals surface area contributed by atoms with Crippen LogP contribution in [0.1, 0.15) is 110 Å². The van der Waals surface area contributed by atoms with Crippen LogP contribution in [0.4, 0.5) is 0 Å². The molecule has 1 unspecified atom stereocenters. The summed E-state index contributed by atoms with van der Waals surface area (Å²) in [6.45, 7) is 4.37. The lowest BCUT2D eigenvalue weighted by Gasteiger charge is -2.31. The highest BCUT2D eigenvalue weighted by atomic mass is 31.2. The van der Waals surface area contributed by atoms with Gasteiger partial charge in [0.25, 0.3) is 7.82 Å². The van der Waals surface area contributed by atoms with E-state index in [4.69, 9.17) is 13.8 Å². The van der Waals surface area contributed by atoms with E-state index in [0.29, 0.717) is 17.6 Å². The average molecular weight is 537 g/mol. The maximum absolute atomic E-state index is 12.1. The van der Waals surface area contributed by atoms with Crippen LogP contribution in [0.5, 0.6) is 0 Å². The van der Waals surface area contributed by atoms with Gasteiger partial charge in [0, 0.05) is 7.11 Å². The van der Waals surface area contributed by atoms with Gasteiger partial charge >= 0.3 is 0 Å². The molecule has 7 nitrogen and oxygen atoms in total. The zero-order valence-electron chi connectivity index (χ0n) is 24.8. The topological polar surface area (TPSA) is 71.1 Å². The summed E-state index contributed by atoms with van der Waals surface area (Å²) in [5, 5.41) is 0. The summed E-state index contributed by atoms with van der Waals surface area (Å²) in [5.41, 5.74) is 0. The molecule has 0 radical (unpaired) electrons. The van der Waals surface area contributed by atoms with Crippen LogP contribution in [0.25, 0.3) is 0 Å². The van der Waals surface area contributed by atoms with Crippen LogP contribution in [0.15, 0.2) is 0 Å². The number of methoxy groups -OCH3 is 1. The molecule has 0 saturated heterocycles. The Balaban J connectivity index is 3.78. The molecule has 0 aliphatic rings. The molecule has 0 spiro atoms. The van der Waals surface area contributed by atoms with E-state index >= 15 is 0 Å².